The van der Waals surface area contributed by atoms with Crippen molar-refractivity contribution in [1.82, 2.24) is 10.6 Å². The van der Waals surface area contributed by atoms with Gasteiger partial charge in [0.2, 0.25) is 0 Å². The largest absolute Gasteiger partial charge is 0.357 e. The van der Waals surface area contributed by atoms with Gasteiger partial charge in [-0.3, -0.25) is 0 Å². The lowest BCUT2D eigenvalue weighted by molar-refractivity contribution is 0.602. The average Bonchev–Trinajstić information content (AvgIpc) is 2.58. The monoisotopic (exact) mass is 387 g/mol. The summed E-state index contributed by atoms with van der Waals surface area (Å²) in [6.45, 7) is 8.32. The fourth-order valence-corrected chi connectivity index (χ4v) is 3.52. The van der Waals surface area contributed by atoms with Crippen molar-refractivity contribution < 1.29 is 8.42 Å². The quantitative estimate of drug-likeness (QED) is 0.566. The van der Waals surface area contributed by atoms with E-state index < -0.39 is 9.84 Å². The highest BCUT2D eigenvalue weighted by Gasteiger charge is 2.06. The van der Waals surface area contributed by atoms with E-state index in [1.54, 1.807) is 24.3 Å². The second-order valence-electron chi connectivity index (χ2n) is 6.78. The maximum atomic E-state index is 11.5. The smallest absolute Gasteiger partial charge is 0.191 e. The number of rotatable bonds is 7. The van der Waals surface area contributed by atoms with E-state index in [4.69, 9.17) is 0 Å². The zero-order valence-electron chi connectivity index (χ0n) is 16.5. The number of benzene rings is 2. The molecule has 2 aromatic rings. The van der Waals surface area contributed by atoms with E-state index >= 15 is 0 Å². The van der Waals surface area contributed by atoms with Crippen LogP contribution in [0.2, 0.25) is 0 Å². The summed E-state index contributed by atoms with van der Waals surface area (Å²) in [7, 11) is -3.16. The van der Waals surface area contributed by atoms with Crippen molar-refractivity contribution in [1.29, 1.82) is 0 Å². The molecule has 2 aromatic carbocycles. The third kappa shape index (κ3) is 7.06. The lowest BCUT2D eigenvalue weighted by Crippen LogP contribution is -2.38. The van der Waals surface area contributed by atoms with Crippen LogP contribution in [0.1, 0.15) is 29.2 Å². The van der Waals surface area contributed by atoms with Crippen LogP contribution in [0.15, 0.2) is 52.4 Å². The molecule has 6 heteroatoms. The van der Waals surface area contributed by atoms with Crippen LogP contribution >= 0.6 is 0 Å². The van der Waals surface area contributed by atoms with Gasteiger partial charge in [0.25, 0.3) is 0 Å². The molecule has 146 valence electrons. The second kappa shape index (κ2) is 9.55. The number of aliphatic imine (C=N–C) groups is 1. The molecule has 0 aliphatic rings. The number of guanidine groups is 1. The van der Waals surface area contributed by atoms with Crippen LogP contribution in [0.25, 0.3) is 0 Å². The first-order chi connectivity index (χ1) is 12.8. The maximum Gasteiger partial charge on any atom is 0.191 e. The summed E-state index contributed by atoms with van der Waals surface area (Å²) in [6.07, 6.45) is 2.14. The Morgan fingerprint density at radius 3 is 2.15 bits per heavy atom. The molecule has 0 aliphatic heterocycles. The summed E-state index contributed by atoms with van der Waals surface area (Å²) in [5.41, 5.74) is 4.84. The van der Waals surface area contributed by atoms with E-state index in [0.29, 0.717) is 11.4 Å². The summed E-state index contributed by atoms with van der Waals surface area (Å²) >= 11 is 0. The lowest BCUT2D eigenvalue weighted by Gasteiger charge is -2.12. The summed E-state index contributed by atoms with van der Waals surface area (Å²) in [4.78, 5) is 4.91. The lowest BCUT2D eigenvalue weighted by atomic mass is 10.1. The molecule has 0 fully saturated rings. The van der Waals surface area contributed by atoms with Crippen LogP contribution in [-0.4, -0.2) is 33.7 Å². The third-order valence-electron chi connectivity index (χ3n) is 4.10. The topological polar surface area (TPSA) is 70.6 Å². The van der Waals surface area contributed by atoms with Crippen LogP contribution in [0.4, 0.5) is 0 Å². The summed E-state index contributed by atoms with van der Waals surface area (Å²) in [5, 5.41) is 6.60. The molecular weight excluding hydrogens is 358 g/mol. The van der Waals surface area contributed by atoms with Gasteiger partial charge in [0.05, 0.1) is 11.4 Å². The predicted molar refractivity (Wildman–Crippen MR) is 112 cm³/mol. The highest BCUT2D eigenvalue weighted by Crippen LogP contribution is 2.11. The van der Waals surface area contributed by atoms with Gasteiger partial charge in [0.1, 0.15) is 0 Å². The molecule has 5 nitrogen and oxygen atoms in total. The third-order valence-corrected chi connectivity index (χ3v) is 5.23. The van der Waals surface area contributed by atoms with Gasteiger partial charge in [-0.1, -0.05) is 41.5 Å². The van der Waals surface area contributed by atoms with Crippen molar-refractivity contribution in [3.05, 3.63) is 64.7 Å². The summed E-state index contributed by atoms with van der Waals surface area (Å²) in [6, 6.07) is 13.5. The minimum absolute atomic E-state index is 0.328. The zero-order valence-corrected chi connectivity index (χ0v) is 17.4. The molecule has 0 amide bonds. The molecule has 0 radical (unpaired) electrons. The normalized spacial score (nSPS) is 12.1. The second-order valence-corrected chi connectivity index (χ2v) is 8.80. The van der Waals surface area contributed by atoms with Crippen LogP contribution in [-0.2, 0) is 22.8 Å². The van der Waals surface area contributed by atoms with Gasteiger partial charge in [0.15, 0.2) is 15.8 Å². The van der Waals surface area contributed by atoms with E-state index in [9.17, 15) is 8.42 Å². The van der Waals surface area contributed by atoms with Gasteiger partial charge in [-0.15, -0.1) is 0 Å². The highest BCUT2D eigenvalue weighted by atomic mass is 32.2. The van der Waals surface area contributed by atoms with E-state index in [1.165, 1.54) is 22.9 Å². The van der Waals surface area contributed by atoms with E-state index in [1.807, 2.05) is 6.92 Å². The molecule has 0 heterocycles. The van der Waals surface area contributed by atoms with Crippen LogP contribution in [0.3, 0.4) is 0 Å². The van der Waals surface area contributed by atoms with Crippen molar-refractivity contribution in [2.24, 2.45) is 4.99 Å². The van der Waals surface area contributed by atoms with E-state index in [-0.39, 0.29) is 0 Å². The molecule has 2 rings (SSSR count). The zero-order chi connectivity index (χ0) is 19.9. The number of nitrogens with zero attached hydrogens (tertiary/aromatic N) is 1. The Bertz CT molecular complexity index is 868. The Labute approximate surface area is 162 Å². The minimum atomic E-state index is -3.16. The molecule has 2 N–H and O–H groups in total. The number of nitrogens with one attached hydrogen (secondary N) is 2. The summed E-state index contributed by atoms with van der Waals surface area (Å²) in [5.74, 6) is 0.758. The van der Waals surface area contributed by atoms with Crippen molar-refractivity contribution in [2.45, 2.75) is 38.6 Å². The Morgan fingerprint density at radius 1 is 0.963 bits per heavy atom. The number of sulfone groups is 1. The minimum Gasteiger partial charge on any atom is -0.357 e. The Hall–Kier alpha value is -2.34. The van der Waals surface area contributed by atoms with Crippen LogP contribution in [0, 0.1) is 13.8 Å². The molecule has 0 saturated carbocycles. The standard InChI is InChI=1S/C21H29N3O2S/c1-5-22-21(23-11-10-19-13-16(2)12-17(3)14-19)24-15-18-6-8-20(9-7-18)27(4,25)26/h6-9,12-14H,5,10-11,15H2,1-4H3,(H2,22,23,24). The van der Waals surface area contributed by atoms with Crippen molar-refractivity contribution >= 4 is 15.8 Å². The van der Waals surface area contributed by atoms with Gasteiger partial charge in [-0.05, 0) is 50.5 Å². The fraction of sp³-hybridized carbons (Fsp3) is 0.381. The van der Waals surface area contributed by atoms with Gasteiger partial charge < -0.3 is 10.6 Å². The van der Waals surface area contributed by atoms with Gasteiger partial charge in [0, 0.05) is 19.3 Å². The Kier molecular flexibility index (Phi) is 7.42. The number of hydrogen-bond donors (Lipinski definition) is 2. The Balaban J connectivity index is 1.95. The molecule has 0 atom stereocenters. The van der Waals surface area contributed by atoms with Gasteiger partial charge in [-0.2, -0.15) is 0 Å². The molecule has 27 heavy (non-hydrogen) atoms. The molecule has 0 bridgehead atoms. The number of aryl methyl sites for hydroxylation is 2. The van der Waals surface area contributed by atoms with Crippen molar-refractivity contribution in [3.63, 3.8) is 0 Å². The van der Waals surface area contributed by atoms with Gasteiger partial charge in [-0.25, -0.2) is 13.4 Å². The SMILES string of the molecule is CCNC(=NCc1ccc(S(C)(=O)=O)cc1)NCCc1cc(C)cc(C)c1. The van der Waals surface area contributed by atoms with Crippen LogP contribution < -0.4 is 10.6 Å². The molecule has 0 aliphatic carbocycles. The van der Waals surface area contributed by atoms with Gasteiger partial charge >= 0.3 is 0 Å². The first-order valence-electron chi connectivity index (χ1n) is 9.16. The fourth-order valence-electron chi connectivity index (χ4n) is 2.89. The number of hydrogen-bond acceptors (Lipinski definition) is 3. The average molecular weight is 388 g/mol. The van der Waals surface area contributed by atoms with E-state index in [2.05, 4.69) is 47.7 Å². The highest BCUT2D eigenvalue weighted by molar-refractivity contribution is 7.90. The molecular formula is C21H29N3O2S. The first-order valence-corrected chi connectivity index (χ1v) is 11.1. The van der Waals surface area contributed by atoms with Crippen molar-refractivity contribution in [2.75, 3.05) is 19.3 Å². The molecule has 0 aromatic heterocycles. The first kappa shape index (κ1) is 21.0. The van der Waals surface area contributed by atoms with Crippen LogP contribution in [0.5, 0.6) is 0 Å². The van der Waals surface area contributed by atoms with E-state index in [0.717, 1.165) is 31.0 Å². The van der Waals surface area contributed by atoms with Crippen molar-refractivity contribution in [3.8, 4) is 0 Å². The maximum absolute atomic E-state index is 11.5. The Morgan fingerprint density at radius 2 is 1.59 bits per heavy atom. The summed E-state index contributed by atoms with van der Waals surface area (Å²) < 4.78 is 23.1. The molecule has 0 spiro atoms. The molecule has 0 saturated heterocycles. The molecule has 0 unspecified atom stereocenters. The predicted octanol–water partition coefficient (Wildman–Crippen LogP) is 3.00.